The third-order valence-electron chi connectivity index (χ3n) is 2.02. The van der Waals surface area contributed by atoms with Crippen LogP contribution in [0.4, 0.5) is 0 Å². The SMILES string of the molecule is CC1(c2cccc(Br)n2)OCCO1. The van der Waals surface area contributed by atoms with Gasteiger partial charge in [0.25, 0.3) is 0 Å². The highest BCUT2D eigenvalue weighted by molar-refractivity contribution is 9.10. The fourth-order valence-electron chi connectivity index (χ4n) is 1.32. The van der Waals surface area contributed by atoms with Crippen LogP contribution in [0.2, 0.25) is 0 Å². The summed E-state index contributed by atoms with van der Waals surface area (Å²) in [5.74, 6) is -0.663. The van der Waals surface area contributed by atoms with E-state index in [4.69, 9.17) is 9.47 Å². The lowest BCUT2D eigenvalue weighted by atomic mass is 10.2. The van der Waals surface area contributed by atoms with Gasteiger partial charge in [0.1, 0.15) is 10.3 Å². The highest BCUT2D eigenvalue weighted by atomic mass is 79.9. The van der Waals surface area contributed by atoms with Crippen molar-refractivity contribution in [3.05, 3.63) is 28.5 Å². The summed E-state index contributed by atoms with van der Waals surface area (Å²) < 4.78 is 11.7. The molecule has 0 radical (unpaired) electrons. The fourth-order valence-corrected chi connectivity index (χ4v) is 1.67. The van der Waals surface area contributed by atoms with Crippen LogP contribution in [-0.2, 0) is 15.3 Å². The number of ether oxygens (including phenoxy) is 2. The number of hydrogen-bond acceptors (Lipinski definition) is 3. The summed E-state index contributed by atoms with van der Waals surface area (Å²) >= 11 is 3.31. The van der Waals surface area contributed by atoms with Crippen LogP contribution >= 0.6 is 15.9 Å². The maximum atomic E-state index is 5.48. The fraction of sp³-hybridized carbons (Fsp3) is 0.444. The van der Waals surface area contributed by atoms with Crippen molar-refractivity contribution in [2.24, 2.45) is 0 Å². The number of rotatable bonds is 1. The zero-order chi connectivity index (χ0) is 9.31. The maximum Gasteiger partial charge on any atom is 0.209 e. The quantitative estimate of drug-likeness (QED) is 0.708. The largest absolute Gasteiger partial charge is 0.342 e. The molecule has 0 bridgehead atoms. The molecule has 1 saturated heterocycles. The zero-order valence-electron chi connectivity index (χ0n) is 7.29. The van der Waals surface area contributed by atoms with E-state index < -0.39 is 5.79 Å². The van der Waals surface area contributed by atoms with Gasteiger partial charge in [0.05, 0.1) is 13.2 Å². The second-order valence-electron chi connectivity index (χ2n) is 2.99. The minimum atomic E-state index is -0.663. The Hall–Kier alpha value is -0.450. The number of aromatic nitrogens is 1. The second kappa shape index (κ2) is 3.36. The first-order chi connectivity index (χ1) is 6.21. The number of hydrogen-bond donors (Lipinski definition) is 0. The van der Waals surface area contributed by atoms with Gasteiger partial charge in [-0.05, 0) is 35.0 Å². The van der Waals surface area contributed by atoms with Gasteiger partial charge in [-0.3, -0.25) is 0 Å². The van der Waals surface area contributed by atoms with Gasteiger partial charge in [-0.2, -0.15) is 0 Å². The average molecular weight is 244 g/mol. The lowest BCUT2D eigenvalue weighted by Crippen LogP contribution is -2.23. The van der Waals surface area contributed by atoms with Crippen LogP contribution in [0.1, 0.15) is 12.6 Å². The zero-order valence-corrected chi connectivity index (χ0v) is 8.87. The monoisotopic (exact) mass is 243 g/mol. The molecular formula is C9H10BrNO2. The lowest BCUT2D eigenvalue weighted by molar-refractivity contribution is -0.152. The third kappa shape index (κ3) is 1.75. The van der Waals surface area contributed by atoms with Crippen LogP contribution in [0.15, 0.2) is 22.8 Å². The Balaban J connectivity index is 2.33. The Kier molecular flexibility index (Phi) is 2.36. The van der Waals surface area contributed by atoms with Gasteiger partial charge >= 0.3 is 0 Å². The molecule has 70 valence electrons. The van der Waals surface area contributed by atoms with Crippen molar-refractivity contribution in [3.8, 4) is 0 Å². The smallest absolute Gasteiger partial charge is 0.209 e. The summed E-state index contributed by atoms with van der Waals surface area (Å²) in [6.45, 7) is 3.14. The van der Waals surface area contributed by atoms with Crippen molar-refractivity contribution in [1.29, 1.82) is 0 Å². The van der Waals surface area contributed by atoms with Crippen LogP contribution in [0, 0.1) is 0 Å². The van der Waals surface area contributed by atoms with E-state index in [1.165, 1.54) is 0 Å². The summed E-state index contributed by atoms with van der Waals surface area (Å²) in [5, 5.41) is 0. The van der Waals surface area contributed by atoms with Gasteiger partial charge in [-0.1, -0.05) is 6.07 Å². The highest BCUT2D eigenvalue weighted by Gasteiger charge is 2.34. The molecule has 0 saturated carbocycles. The molecule has 0 aromatic carbocycles. The Morgan fingerprint density at radius 3 is 2.69 bits per heavy atom. The van der Waals surface area contributed by atoms with Crippen molar-refractivity contribution in [3.63, 3.8) is 0 Å². The Labute approximate surface area is 85.2 Å². The molecule has 1 fully saturated rings. The minimum absolute atomic E-state index is 0.630. The summed E-state index contributed by atoms with van der Waals surface area (Å²) in [4.78, 5) is 4.29. The second-order valence-corrected chi connectivity index (χ2v) is 3.80. The van der Waals surface area contributed by atoms with Crippen LogP contribution in [-0.4, -0.2) is 18.2 Å². The molecule has 0 amide bonds. The van der Waals surface area contributed by atoms with E-state index in [2.05, 4.69) is 20.9 Å². The Morgan fingerprint density at radius 2 is 2.08 bits per heavy atom. The van der Waals surface area contributed by atoms with Gasteiger partial charge in [0.2, 0.25) is 5.79 Å². The maximum absolute atomic E-state index is 5.48. The minimum Gasteiger partial charge on any atom is -0.342 e. The van der Waals surface area contributed by atoms with E-state index in [0.29, 0.717) is 13.2 Å². The molecule has 0 unspecified atom stereocenters. The van der Waals surface area contributed by atoms with Gasteiger partial charge in [-0.25, -0.2) is 4.98 Å². The van der Waals surface area contributed by atoms with E-state index in [9.17, 15) is 0 Å². The standard InChI is InChI=1S/C9H10BrNO2/c1-9(12-5-6-13-9)7-3-2-4-8(10)11-7/h2-4H,5-6H2,1H3. The molecule has 1 aliphatic rings. The molecule has 13 heavy (non-hydrogen) atoms. The topological polar surface area (TPSA) is 31.4 Å². The molecule has 0 spiro atoms. The number of halogens is 1. The molecule has 1 aliphatic heterocycles. The van der Waals surface area contributed by atoms with Gasteiger partial charge < -0.3 is 9.47 Å². The van der Waals surface area contributed by atoms with E-state index >= 15 is 0 Å². The van der Waals surface area contributed by atoms with Crippen LogP contribution in [0.3, 0.4) is 0 Å². The normalized spacial score (nSPS) is 20.5. The van der Waals surface area contributed by atoms with E-state index in [-0.39, 0.29) is 0 Å². The molecule has 0 atom stereocenters. The van der Waals surface area contributed by atoms with Crippen LogP contribution < -0.4 is 0 Å². The molecule has 1 aromatic heterocycles. The summed E-state index contributed by atoms with van der Waals surface area (Å²) in [6.07, 6.45) is 0. The Morgan fingerprint density at radius 1 is 1.38 bits per heavy atom. The highest BCUT2D eigenvalue weighted by Crippen LogP contribution is 2.29. The van der Waals surface area contributed by atoms with Crippen molar-refractivity contribution >= 4 is 15.9 Å². The van der Waals surface area contributed by atoms with Gasteiger partial charge in [-0.15, -0.1) is 0 Å². The Bertz CT molecular complexity index is 310. The molecule has 2 heterocycles. The van der Waals surface area contributed by atoms with Crippen LogP contribution in [0.25, 0.3) is 0 Å². The summed E-state index contributed by atoms with van der Waals surface area (Å²) in [6, 6.07) is 5.70. The molecule has 0 aliphatic carbocycles. The van der Waals surface area contributed by atoms with Crippen LogP contribution in [0.5, 0.6) is 0 Å². The van der Waals surface area contributed by atoms with E-state index in [1.54, 1.807) is 0 Å². The summed E-state index contributed by atoms with van der Waals surface area (Å²) in [5.41, 5.74) is 0.805. The van der Waals surface area contributed by atoms with E-state index in [0.717, 1.165) is 10.3 Å². The number of nitrogens with zero attached hydrogens (tertiary/aromatic N) is 1. The van der Waals surface area contributed by atoms with Crippen molar-refractivity contribution in [1.82, 2.24) is 4.98 Å². The first kappa shape index (κ1) is 9.12. The van der Waals surface area contributed by atoms with Crippen molar-refractivity contribution < 1.29 is 9.47 Å². The van der Waals surface area contributed by atoms with Crippen molar-refractivity contribution in [2.45, 2.75) is 12.7 Å². The lowest BCUT2D eigenvalue weighted by Gasteiger charge is -2.21. The van der Waals surface area contributed by atoms with Crippen molar-refractivity contribution in [2.75, 3.05) is 13.2 Å². The summed E-state index contributed by atoms with van der Waals surface area (Å²) in [7, 11) is 0. The molecule has 4 heteroatoms. The third-order valence-corrected chi connectivity index (χ3v) is 2.46. The van der Waals surface area contributed by atoms with Gasteiger partial charge in [0, 0.05) is 0 Å². The first-order valence-corrected chi connectivity index (χ1v) is 4.91. The van der Waals surface area contributed by atoms with E-state index in [1.807, 2.05) is 25.1 Å². The van der Waals surface area contributed by atoms with Gasteiger partial charge in [0.15, 0.2) is 0 Å². The molecule has 2 rings (SSSR count). The number of pyridine rings is 1. The molecule has 1 aromatic rings. The first-order valence-electron chi connectivity index (χ1n) is 4.12. The molecule has 3 nitrogen and oxygen atoms in total. The molecular weight excluding hydrogens is 234 g/mol. The molecule has 0 N–H and O–H groups in total. The predicted octanol–water partition coefficient (Wildman–Crippen LogP) is 2.06. The predicted molar refractivity (Wildman–Crippen MR) is 51.2 cm³/mol. The average Bonchev–Trinajstić information content (AvgIpc) is 2.54.